The fourth-order valence-corrected chi connectivity index (χ4v) is 0. The van der Waals surface area contributed by atoms with Crippen LogP contribution in [-0.2, 0) is 4.79 Å². The first-order chi connectivity index (χ1) is 3.65. The minimum absolute atomic E-state index is 0. The number of aliphatic carboxylic acids is 1. The maximum Gasteiger partial charge on any atom is 1.00 e. The molecular formula is C6H13NaO2. The van der Waals surface area contributed by atoms with Crippen molar-refractivity contribution in [1.82, 2.24) is 0 Å². The predicted molar refractivity (Wildman–Crippen MR) is 33.6 cm³/mol. The Balaban J connectivity index is -0.0000000720. The van der Waals surface area contributed by atoms with Crippen molar-refractivity contribution in [2.45, 2.75) is 26.7 Å². The van der Waals surface area contributed by atoms with Gasteiger partial charge in [0.1, 0.15) is 0 Å². The molecule has 0 aliphatic carbocycles. The third kappa shape index (κ3) is 164. The molecule has 0 unspecified atom stereocenters. The van der Waals surface area contributed by atoms with E-state index in [9.17, 15) is 0 Å². The molecule has 0 aliphatic heterocycles. The zero-order chi connectivity index (χ0) is 6.99. The van der Waals surface area contributed by atoms with Crippen molar-refractivity contribution < 1.29 is 39.5 Å². The van der Waals surface area contributed by atoms with Gasteiger partial charge in [-0.3, -0.25) is 4.79 Å². The van der Waals surface area contributed by atoms with Gasteiger partial charge in [-0.25, -0.2) is 0 Å². The Morgan fingerprint density at radius 2 is 1.78 bits per heavy atom. The smallest absolute Gasteiger partial charge is 0.481 e. The van der Waals surface area contributed by atoms with Gasteiger partial charge in [0.25, 0.3) is 5.97 Å². The van der Waals surface area contributed by atoms with Crippen molar-refractivity contribution in [1.29, 1.82) is 0 Å². The molecule has 0 rings (SSSR count). The molecule has 0 aromatic carbocycles. The van der Waals surface area contributed by atoms with Gasteiger partial charge in [0.05, 0.1) is 0 Å². The number of rotatable bonds is 1. The molecule has 0 amide bonds. The number of hydrogen-bond acceptors (Lipinski definition) is 1. The van der Waals surface area contributed by atoms with E-state index < -0.39 is 5.97 Å². The Labute approximate surface area is 78.9 Å². The van der Waals surface area contributed by atoms with Crippen LogP contribution in [0.5, 0.6) is 0 Å². The van der Waals surface area contributed by atoms with Gasteiger partial charge in [0.15, 0.2) is 0 Å². The van der Waals surface area contributed by atoms with E-state index in [0.717, 1.165) is 13.3 Å². The molecule has 0 saturated carbocycles. The maximum atomic E-state index is 9.00. The second-order valence-corrected chi connectivity index (χ2v) is 1.37. The van der Waals surface area contributed by atoms with Gasteiger partial charge in [-0.1, -0.05) is 13.3 Å². The van der Waals surface area contributed by atoms with E-state index in [2.05, 4.69) is 13.8 Å². The Morgan fingerprint density at radius 3 is 1.78 bits per heavy atom. The third-order valence-electron chi connectivity index (χ3n) is 0.354. The molecule has 0 aromatic rings. The van der Waals surface area contributed by atoms with Crippen molar-refractivity contribution in [2.24, 2.45) is 0 Å². The molecule has 0 bridgehead atoms. The summed E-state index contributed by atoms with van der Waals surface area (Å²) in [4.78, 5) is 9.00. The van der Waals surface area contributed by atoms with Crippen LogP contribution in [-0.4, -0.2) is 11.1 Å². The summed E-state index contributed by atoms with van der Waals surface area (Å²) in [6.45, 7) is 6.81. The van der Waals surface area contributed by atoms with Crippen molar-refractivity contribution in [2.75, 3.05) is 0 Å². The summed E-state index contributed by atoms with van der Waals surface area (Å²) in [5.41, 5.74) is 0. The quantitative estimate of drug-likeness (QED) is 0.363. The Kier molecular flexibility index (Phi) is 28.5. The van der Waals surface area contributed by atoms with Crippen LogP contribution in [0.4, 0.5) is 0 Å². The number of carbonyl (C=O) groups is 1. The van der Waals surface area contributed by atoms with Crippen LogP contribution in [0.1, 0.15) is 26.7 Å². The summed E-state index contributed by atoms with van der Waals surface area (Å²) >= 11 is 0. The number of unbranched alkanes of at least 4 members (excludes halogenated alkanes) is 1. The Bertz CT molecular complexity index is 49.0. The van der Waals surface area contributed by atoms with Crippen LogP contribution in [0, 0.1) is 6.92 Å². The molecule has 0 radical (unpaired) electrons. The molecular weight excluding hydrogens is 127 g/mol. The standard InChI is InChI=1S/C4H9.C2H4O2.Na/c1-3-4-2;1-2(3)4;/h1,3-4H2,2H3;1H3,(H,3,4);/q-1;;+1. The molecule has 0 spiro atoms. The van der Waals surface area contributed by atoms with Crippen LogP contribution in [0.15, 0.2) is 0 Å². The number of carboxylic acid groups (broad SMARTS) is 1. The van der Waals surface area contributed by atoms with Crippen LogP contribution >= 0.6 is 0 Å². The van der Waals surface area contributed by atoms with Gasteiger partial charge in [0, 0.05) is 6.92 Å². The van der Waals surface area contributed by atoms with Gasteiger partial charge >= 0.3 is 29.6 Å². The summed E-state index contributed by atoms with van der Waals surface area (Å²) in [6, 6.07) is 0. The molecule has 2 nitrogen and oxygen atoms in total. The minimum atomic E-state index is -0.833. The second-order valence-electron chi connectivity index (χ2n) is 1.37. The second kappa shape index (κ2) is 15.8. The Morgan fingerprint density at radius 1 is 1.67 bits per heavy atom. The van der Waals surface area contributed by atoms with E-state index in [4.69, 9.17) is 9.90 Å². The first-order valence-electron chi connectivity index (χ1n) is 2.63. The predicted octanol–water partition coefficient (Wildman–Crippen LogP) is -1.28. The van der Waals surface area contributed by atoms with Gasteiger partial charge in [-0.05, 0) is 0 Å². The maximum absolute atomic E-state index is 9.00. The average Bonchev–Trinajstić information content (AvgIpc) is 1.65. The molecule has 0 aromatic heterocycles. The van der Waals surface area contributed by atoms with E-state index in [1.807, 2.05) is 0 Å². The first-order valence-corrected chi connectivity index (χ1v) is 2.63. The van der Waals surface area contributed by atoms with Gasteiger partial charge < -0.3 is 12.0 Å². The molecule has 50 valence electrons. The van der Waals surface area contributed by atoms with Gasteiger partial charge in [-0.15, -0.1) is 0 Å². The van der Waals surface area contributed by atoms with Crippen LogP contribution in [0.25, 0.3) is 0 Å². The zero-order valence-corrected chi connectivity index (χ0v) is 8.48. The van der Waals surface area contributed by atoms with Crippen LogP contribution in [0.3, 0.4) is 0 Å². The topological polar surface area (TPSA) is 37.3 Å². The van der Waals surface area contributed by atoms with Crippen LogP contribution < -0.4 is 29.6 Å². The minimum Gasteiger partial charge on any atom is -0.481 e. The molecule has 0 fully saturated rings. The number of carboxylic acids is 1. The molecule has 3 heteroatoms. The molecule has 9 heavy (non-hydrogen) atoms. The normalized spacial score (nSPS) is 6.11. The van der Waals surface area contributed by atoms with Gasteiger partial charge in [0.2, 0.25) is 0 Å². The van der Waals surface area contributed by atoms with Crippen molar-refractivity contribution in [3.05, 3.63) is 6.92 Å². The van der Waals surface area contributed by atoms with E-state index in [-0.39, 0.29) is 29.6 Å². The molecule has 0 atom stereocenters. The molecule has 1 N–H and O–H groups in total. The van der Waals surface area contributed by atoms with Crippen molar-refractivity contribution in [3.63, 3.8) is 0 Å². The summed E-state index contributed by atoms with van der Waals surface area (Å²) < 4.78 is 0. The fraction of sp³-hybridized carbons (Fsp3) is 0.667. The third-order valence-corrected chi connectivity index (χ3v) is 0.354. The van der Waals surface area contributed by atoms with Crippen molar-refractivity contribution in [3.8, 4) is 0 Å². The zero-order valence-electron chi connectivity index (χ0n) is 6.48. The number of hydrogen-bond donors (Lipinski definition) is 1. The first kappa shape index (κ1) is 16.2. The van der Waals surface area contributed by atoms with Gasteiger partial charge in [-0.2, -0.15) is 6.42 Å². The molecule has 0 heterocycles. The van der Waals surface area contributed by atoms with E-state index >= 15 is 0 Å². The van der Waals surface area contributed by atoms with E-state index in [1.165, 1.54) is 6.42 Å². The average molecular weight is 140 g/mol. The summed E-state index contributed by atoms with van der Waals surface area (Å²) in [5.74, 6) is -0.833. The van der Waals surface area contributed by atoms with Crippen molar-refractivity contribution >= 4 is 5.97 Å². The SMILES string of the molecule is CC(=O)O.[CH2-]CCC.[Na+]. The monoisotopic (exact) mass is 140 g/mol. The van der Waals surface area contributed by atoms with E-state index in [1.54, 1.807) is 0 Å². The summed E-state index contributed by atoms with van der Waals surface area (Å²) in [5, 5.41) is 7.42. The molecule has 0 aliphatic rings. The largest absolute Gasteiger partial charge is 1.00 e. The summed E-state index contributed by atoms with van der Waals surface area (Å²) in [6.07, 6.45) is 2.28. The Hall–Kier alpha value is 0.470. The van der Waals surface area contributed by atoms with E-state index in [0.29, 0.717) is 0 Å². The molecule has 0 saturated heterocycles. The summed E-state index contributed by atoms with van der Waals surface area (Å²) in [7, 11) is 0. The fourth-order valence-electron chi connectivity index (χ4n) is 0. The van der Waals surface area contributed by atoms with Crippen LogP contribution in [0.2, 0.25) is 0 Å².